The van der Waals surface area contributed by atoms with Crippen molar-refractivity contribution in [1.82, 2.24) is 14.3 Å². The number of halogens is 1. The number of anilines is 3. The molecule has 2 heterocycles. The zero-order valence-electron chi connectivity index (χ0n) is 22.1. The first kappa shape index (κ1) is 28.0. The Morgan fingerprint density at radius 3 is 2.32 bits per heavy atom. The van der Waals surface area contributed by atoms with Gasteiger partial charge in [0.05, 0.1) is 28.3 Å². The van der Waals surface area contributed by atoms with Gasteiger partial charge in [-0.3, -0.25) is 9.59 Å². The molecule has 1 fully saturated rings. The molecular weight excluding hydrogens is 489 g/mol. The summed E-state index contributed by atoms with van der Waals surface area (Å²) >= 11 is 3.53. The van der Waals surface area contributed by atoms with E-state index in [1.165, 1.54) is 15.3 Å². The monoisotopic (exact) mass is 523 g/mol. The molecular formula is C28H34FN5O2S. The molecule has 9 heteroatoms. The predicted octanol–water partition coefficient (Wildman–Crippen LogP) is 5.75. The number of nitrogen functional groups attached to an aromatic ring is 1. The van der Waals surface area contributed by atoms with Crippen LogP contribution in [0.3, 0.4) is 0 Å². The fourth-order valence-electron chi connectivity index (χ4n) is 4.19. The number of pyridine rings is 1. The molecule has 5 rings (SSSR count). The van der Waals surface area contributed by atoms with Gasteiger partial charge >= 0.3 is 0 Å². The lowest BCUT2D eigenvalue weighted by molar-refractivity contribution is 0.607. The Kier molecular flexibility index (Phi) is 8.81. The van der Waals surface area contributed by atoms with E-state index < -0.39 is 5.82 Å². The summed E-state index contributed by atoms with van der Waals surface area (Å²) in [4.78, 5) is 26.8. The minimum absolute atomic E-state index is 0.00297. The average molecular weight is 524 g/mol. The number of aromatic nitrogens is 3. The molecule has 37 heavy (non-hydrogen) atoms. The third kappa shape index (κ3) is 5.41. The summed E-state index contributed by atoms with van der Waals surface area (Å²) in [5.41, 5.74) is 9.10. The zero-order valence-corrected chi connectivity index (χ0v) is 23.0. The smallest absolute Gasteiger partial charge is 0.278 e. The van der Waals surface area contributed by atoms with Crippen LogP contribution in [0.1, 0.15) is 43.9 Å². The Morgan fingerprint density at radius 2 is 1.73 bits per heavy atom. The van der Waals surface area contributed by atoms with E-state index in [1.54, 1.807) is 57.5 Å². The third-order valence-corrected chi connectivity index (χ3v) is 6.11. The minimum atomic E-state index is -0.462. The largest absolute Gasteiger partial charge is 0.399 e. The zero-order chi connectivity index (χ0) is 27.4. The van der Waals surface area contributed by atoms with Gasteiger partial charge in [-0.05, 0) is 62.8 Å². The van der Waals surface area contributed by atoms with Gasteiger partial charge in [0.1, 0.15) is 11.5 Å². The second-order valence-electron chi connectivity index (χ2n) is 8.65. The highest BCUT2D eigenvalue weighted by Crippen LogP contribution is 2.37. The Morgan fingerprint density at radius 1 is 1.05 bits per heavy atom. The van der Waals surface area contributed by atoms with Crippen molar-refractivity contribution in [2.75, 3.05) is 17.3 Å². The number of aryl methyl sites for hydroxylation is 2. The lowest BCUT2D eigenvalue weighted by Crippen LogP contribution is -2.29. The molecule has 1 aliphatic rings. The van der Waals surface area contributed by atoms with Gasteiger partial charge in [0, 0.05) is 23.9 Å². The molecule has 1 saturated carbocycles. The number of benzene rings is 2. The maximum Gasteiger partial charge on any atom is 0.278 e. The number of nitrogens with two attached hydrogens (primary N) is 1. The molecule has 2 aromatic carbocycles. The van der Waals surface area contributed by atoms with Gasteiger partial charge in [0.2, 0.25) is 0 Å². The fourth-order valence-corrected chi connectivity index (χ4v) is 4.19. The lowest BCUT2D eigenvalue weighted by Gasteiger charge is -2.19. The van der Waals surface area contributed by atoms with Crippen LogP contribution in [-0.2, 0) is 7.05 Å². The normalized spacial score (nSPS) is 12.3. The maximum absolute atomic E-state index is 14.7. The van der Waals surface area contributed by atoms with Crippen LogP contribution in [0.25, 0.3) is 22.2 Å². The van der Waals surface area contributed by atoms with E-state index in [-0.39, 0.29) is 22.8 Å². The van der Waals surface area contributed by atoms with E-state index in [0.29, 0.717) is 39.1 Å². The van der Waals surface area contributed by atoms with Crippen LogP contribution in [0.2, 0.25) is 0 Å². The topological polar surface area (TPSA) is 94.9 Å². The Bertz CT molecular complexity index is 1560. The molecule has 4 aromatic rings. The number of hydrogen-bond donors (Lipinski definition) is 3. The van der Waals surface area contributed by atoms with Crippen LogP contribution >= 0.6 is 12.6 Å². The van der Waals surface area contributed by atoms with Crippen LogP contribution in [0.15, 0.2) is 52.1 Å². The van der Waals surface area contributed by atoms with Gasteiger partial charge < -0.3 is 15.6 Å². The third-order valence-electron chi connectivity index (χ3n) is 6.11. The summed E-state index contributed by atoms with van der Waals surface area (Å²) < 4.78 is 17.6. The molecule has 0 radical (unpaired) electrons. The molecule has 0 saturated heterocycles. The predicted molar refractivity (Wildman–Crippen MR) is 155 cm³/mol. The Labute approximate surface area is 221 Å². The molecule has 0 atom stereocenters. The summed E-state index contributed by atoms with van der Waals surface area (Å²) in [6.07, 6.45) is 3.41. The lowest BCUT2D eigenvalue weighted by atomic mass is 10.0. The molecule has 0 amide bonds. The first-order valence-corrected chi connectivity index (χ1v) is 13.2. The molecule has 3 N–H and O–H groups in total. The van der Waals surface area contributed by atoms with Crippen LogP contribution in [0.4, 0.5) is 21.5 Å². The van der Waals surface area contributed by atoms with E-state index in [9.17, 15) is 14.0 Å². The van der Waals surface area contributed by atoms with Crippen LogP contribution in [-0.4, -0.2) is 20.6 Å². The van der Waals surface area contributed by atoms with Crippen LogP contribution in [0.5, 0.6) is 0 Å². The van der Waals surface area contributed by atoms with E-state index in [0.717, 1.165) is 18.4 Å². The molecule has 196 valence electrons. The van der Waals surface area contributed by atoms with Crippen molar-refractivity contribution in [2.24, 2.45) is 7.05 Å². The molecule has 2 aromatic heterocycles. The van der Waals surface area contributed by atoms with Crippen molar-refractivity contribution in [3.63, 3.8) is 0 Å². The van der Waals surface area contributed by atoms with Crippen molar-refractivity contribution in [2.45, 2.75) is 46.6 Å². The molecule has 7 nitrogen and oxygen atoms in total. The van der Waals surface area contributed by atoms with Crippen molar-refractivity contribution >= 4 is 40.6 Å². The van der Waals surface area contributed by atoms with Crippen LogP contribution in [0, 0.1) is 19.7 Å². The van der Waals surface area contributed by atoms with E-state index >= 15 is 0 Å². The maximum atomic E-state index is 14.7. The second kappa shape index (κ2) is 11.6. The van der Waals surface area contributed by atoms with E-state index in [2.05, 4.69) is 23.0 Å². The first-order chi connectivity index (χ1) is 17.8. The fraction of sp³-hybridized carbons (Fsp3) is 0.321. The second-order valence-corrected chi connectivity index (χ2v) is 8.65. The quantitative estimate of drug-likeness (QED) is 0.234. The summed E-state index contributed by atoms with van der Waals surface area (Å²) in [6, 6.07) is 12.0. The highest BCUT2D eigenvalue weighted by molar-refractivity contribution is 7.79. The minimum Gasteiger partial charge on any atom is -0.399 e. The summed E-state index contributed by atoms with van der Waals surface area (Å²) in [5, 5.41) is 8.01. The summed E-state index contributed by atoms with van der Waals surface area (Å²) in [7, 11) is 1.62. The highest BCUT2D eigenvalue weighted by atomic mass is 32.1. The standard InChI is InChI=1S/C25H24FN5O2.C2H6.CH4S/c1-13-7-10-19(18(26)11-13)28-21-14(2)24(32)30(3)23-20(21)25(33)31(17-8-9-17)29-22(23)15-5-4-6-16(27)12-15;2*1-2/h4-7,10-12,17,28H,8-9,27H2,1-3H3;1-2H3;2H,1H3. The Hall–Kier alpha value is -3.59. The van der Waals surface area contributed by atoms with Gasteiger partial charge in [0.15, 0.2) is 0 Å². The molecule has 0 unspecified atom stereocenters. The molecule has 0 bridgehead atoms. The molecule has 0 spiro atoms. The number of thiol groups is 1. The number of hydrogen-bond acceptors (Lipinski definition) is 6. The van der Waals surface area contributed by atoms with Gasteiger partial charge in [0.25, 0.3) is 11.1 Å². The van der Waals surface area contributed by atoms with Gasteiger partial charge in [-0.1, -0.05) is 32.0 Å². The SMILES string of the molecule is CC.CS.Cc1ccc(Nc2c(C)c(=O)n(C)c3c(-c4cccc(N)c4)nn(C4CC4)c(=O)c23)c(F)c1. The van der Waals surface area contributed by atoms with Gasteiger partial charge in [-0.25, -0.2) is 9.07 Å². The van der Waals surface area contributed by atoms with Crippen molar-refractivity contribution in [1.29, 1.82) is 0 Å². The average Bonchev–Trinajstić information content (AvgIpc) is 3.74. The highest BCUT2D eigenvalue weighted by Gasteiger charge is 2.30. The van der Waals surface area contributed by atoms with Gasteiger partial charge in [-0.2, -0.15) is 17.7 Å². The number of fused-ring (bicyclic) bond motifs is 1. The van der Waals surface area contributed by atoms with Crippen molar-refractivity contribution < 1.29 is 4.39 Å². The number of rotatable bonds is 4. The van der Waals surface area contributed by atoms with E-state index in [4.69, 9.17) is 5.73 Å². The molecule has 1 aliphatic carbocycles. The van der Waals surface area contributed by atoms with Crippen LogP contribution < -0.4 is 22.2 Å². The molecule has 0 aliphatic heterocycles. The number of nitrogens with zero attached hydrogens (tertiary/aromatic N) is 3. The Balaban J connectivity index is 0.000000907. The van der Waals surface area contributed by atoms with E-state index in [1.807, 2.05) is 19.9 Å². The van der Waals surface area contributed by atoms with Gasteiger partial charge in [-0.15, -0.1) is 0 Å². The first-order valence-electron chi connectivity index (χ1n) is 12.3. The summed E-state index contributed by atoms with van der Waals surface area (Å²) in [6.45, 7) is 7.43. The summed E-state index contributed by atoms with van der Waals surface area (Å²) in [5.74, 6) is -0.462. The van der Waals surface area contributed by atoms with Crippen molar-refractivity contribution in [3.8, 4) is 11.3 Å². The van der Waals surface area contributed by atoms with Crippen molar-refractivity contribution in [3.05, 3.63) is 80.1 Å². The number of nitrogens with one attached hydrogen (secondary N) is 1.